The molecule has 0 unspecified atom stereocenters. The molecule has 1 amide bonds. The van der Waals surface area contributed by atoms with Gasteiger partial charge in [-0.1, -0.05) is 13.3 Å². The molecule has 4 heteroatoms. The summed E-state index contributed by atoms with van der Waals surface area (Å²) in [5, 5.41) is 10.7. The maximum absolute atomic E-state index is 10.7. The first-order valence-electron chi connectivity index (χ1n) is 3.94. The molecule has 0 aromatic heterocycles. The number of carboxylic acids is 1. The Hall–Kier alpha value is -1.06. The van der Waals surface area contributed by atoms with Gasteiger partial charge < -0.3 is 10.4 Å². The number of carbonyl (C=O) groups excluding carboxylic acids is 1. The van der Waals surface area contributed by atoms with E-state index in [1.807, 2.05) is 6.92 Å². The summed E-state index contributed by atoms with van der Waals surface area (Å²) in [5.74, 6) is -2.37. The zero-order valence-electron chi connectivity index (χ0n) is 7.68. The lowest BCUT2D eigenvalue weighted by Gasteiger charge is -2.24. The average Bonchev–Trinajstić information content (AvgIpc) is 1.85. The number of carboxylic acid groups (broad SMARTS) is 1. The minimum Gasteiger partial charge on any atom is -0.474 e. The van der Waals surface area contributed by atoms with Gasteiger partial charge in [-0.25, -0.2) is 4.79 Å². The van der Waals surface area contributed by atoms with E-state index in [0.29, 0.717) is 0 Å². The average molecular weight is 173 g/mol. The largest absolute Gasteiger partial charge is 0.474 e. The van der Waals surface area contributed by atoms with E-state index in [9.17, 15) is 9.59 Å². The summed E-state index contributed by atoms with van der Waals surface area (Å²) >= 11 is 0. The summed E-state index contributed by atoms with van der Waals surface area (Å²) in [4.78, 5) is 20.9. The van der Waals surface area contributed by atoms with E-state index in [2.05, 4.69) is 5.32 Å². The molecule has 0 bridgehead atoms. The predicted octanol–water partition coefficient (Wildman–Crippen LogP) is 0.766. The summed E-state index contributed by atoms with van der Waals surface area (Å²) in [6, 6.07) is 0. The molecule has 0 aliphatic heterocycles. The van der Waals surface area contributed by atoms with Crippen molar-refractivity contribution in [3.8, 4) is 0 Å². The van der Waals surface area contributed by atoms with E-state index in [0.717, 1.165) is 12.8 Å². The minimum absolute atomic E-state index is 0.426. The molecule has 0 aliphatic rings. The third-order valence-corrected chi connectivity index (χ3v) is 1.52. The molecular formula is C8H15NO3. The highest BCUT2D eigenvalue weighted by molar-refractivity contribution is 6.31. The van der Waals surface area contributed by atoms with Crippen LogP contribution in [0, 0.1) is 0 Å². The number of rotatable bonds is 3. The number of aliphatic carboxylic acids is 1. The van der Waals surface area contributed by atoms with Gasteiger partial charge in [0.2, 0.25) is 0 Å². The standard InChI is InChI=1S/C8H15NO3/c1-4-5-8(2,3)9-6(10)7(11)12/h4-5H2,1-3H3,(H,9,10)(H,11,12). The van der Waals surface area contributed by atoms with E-state index in [-0.39, 0.29) is 0 Å². The molecule has 0 aromatic rings. The second-order valence-corrected chi connectivity index (χ2v) is 3.39. The maximum Gasteiger partial charge on any atom is 0.394 e. The van der Waals surface area contributed by atoms with Crippen LogP contribution < -0.4 is 5.32 Å². The molecule has 0 fully saturated rings. The Balaban J connectivity index is 4.05. The van der Waals surface area contributed by atoms with Crippen molar-refractivity contribution in [3.05, 3.63) is 0 Å². The molecular weight excluding hydrogens is 158 g/mol. The van der Waals surface area contributed by atoms with E-state index in [4.69, 9.17) is 5.11 Å². The first kappa shape index (κ1) is 10.9. The van der Waals surface area contributed by atoms with Gasteiger partial charge in [0.1, 0.15) is 0 Å². The molecule has 2 N–H and O–H groups in total. The number of hydrogen-bond donors (Lipinski definition) is 2. The van der Waals surface area contributed by atoms with Crippen LogP contribution in [0.1, 0.15) is 33.6 Å². The molecule has 0 atom stereocenters. The van der Waals surface area contributed by atoms with Gasteiger partial charge in [-0.05, 0) is 20.3 Å². The third-order valence-electron chi connectivity index (χ3n) is 1.52. The summed E-state index contributed by atoms with van der Waals surface area (Å²) in [7, 11) is 0. The van der Waals surface area contributed by atoms with Crippen LogP contribution in [0.15, 0.2) is 0 Å². The van der Waals surface area contributed by atoms with Gasteiger partial charge in [0.25, 0.3) is 0 Å². The van der Waals surface area contributed by atoms with Crippen molar-refractivity contribution in [3.63, 3.8) is 0 Å². The fourth-order valence-electron chi connectivity index (χ4n) is 1.05. The van der Waals surface area contributed by atoms with Gasteiger partial charge >= 0.3 is 11.9 Å². The van der Waals surface area contributed by atoms with Crippen molar-refractivity contribution < 1.29 is 14.7 Å². The Labute approximate surface area is 72.0 Å². The van der Waals surface area contributed by atoms with Gasteiger partial charge in [-0.15, -0.1) is 0 Å². The van der Waals surface area contributed by atoms with Crippen LogP contribution in [0.2, 0.25) is 0 Å². The Morgan fingerprint density at radius 2 is 1.92 bits per heavy atom. The lowest BCUT2D eigenvalue weighted by molar-refractivity contribution is -0.151. The van der Waals surface area contributed by atoms with Crippen molar-refractivity contribution in [2.24, 2.45) is 0 Å². The molecule has 0 spiro atoms. The highest BCUT2D eigenvalue weighted by Gasteiger charge is 2.22. The topological polar surface area (TPSA) is 66.4 Å². The Morgan fingerprint density at radius 1 is 1.42 bits per heavy atom. The quantitative estimate of drug-likeness (QED) is 0.619. The normalized spacial score (nSPS) is 10.9. The second kappa shape index (κ2) is 4.09. The molecule has 0 saturated heterocycles. The van der Waals surface area contributed by atoms with Crippen molar-refractivity contribution in [1.82, 2.24) is 5.32 Å². The van der Waals surface area contributed by atoms with Gasteiger partial charge in [0, 0.05) is 5.54 Å². The van der Waals surface area contributed by atoms with Crippen LogP contribution in [0.3, 0.4) is 0 Å². The number of hydrogen-bond acceptors (Lipinski definition) is 2. The zero-order chi connectivity index (χ0) is 9.78. The minimum atomic E-state index is -1.43. The van der Waals surface area contributed by atoms with Crippen molar-refractivity contribution in [2.75, 3.05) is 0 Å². The van der Waals surface area contributed by atoms with Crippen LogP contribution in [0.4, 0.5) is 0 Å². The molecule has 0 radical (unpaired) electrons. The van der Waals surface area contributed by atoms with E-state index < -0.39 is 17.4 Å². The molecule has 0 heterocycles. The highest BCUT2D eigenvalue weighted by Crippen LogP contribution is 2.09. The molecule has 70 valence electrons. The van der Waals surface area contributed by atoms with E-state index >= 15 is 0 Å². The number of amides is 1. The van der Waals surface area contributed by atoms with Crippen LogP contribution in [0.25, 0.3) is 0 Å². The molecule has 12 heavy (non-hydrogen) atoms. The Morgan fingerprint density at radius 3 is 2.25 bits per heavy atom. The van der Waals surface area contributed by atoms with Crippen LogP contribution in [0.5, 0.6) is 0 Å². The molecule has 4 nitrogen and oxygen atoms in total. The lowest BCUT2D eigenvalue weighted by atomic mass is 9.99. The van der Waals surface area contributed by atoms with Crippen LogP contribution in [-0.4, -0.2) is 22.5 Å². The molecule has 0 rings (SSSR count). The lowest BCUT2D eigenvalue weighted by Crippen LogP contribution is -2.46. The summed E-state index contributed by atoms with van der Waals surface area (Å²) in [6.45, 7) is 5.59. The monoisotopic (exact) mass is 173 g/mol. The Bertz CT molecular complexity index is 187. The van der Waals surface area contributed by atoms with Crippen LogP contribution in [-0.2, 0) is 9.59 Å². The Kier molecular flexibility index (Phi) is 3.73. The zero-order valence-corrected chi connectivity index (χ0v) is 7.68. The first-order valence-corrected chi connectivity index (χ1v) is 3.94. The number of nitrogens with one attached hydrogen (secondary N) is 1. The summed E-state index contributed by atoms with van der Waals surface area (Å²) in [6.07, 6.45) is 1.68. The summed E-state index contributed by atoms with van der Waals surface area (Å²) < 4.78 is 0. The fraction of sp³-hybridized carbons (Fsp3) is 0.750. The molecule has 0 aromatic carbocycles. The van der Waals surface area contributed by atoms with Crippen molar-refractivity contribution in [2.45, 2.75) is 39.2 Å². The van der Waals surface area contributed by atoms with Gasteiger partial charge in [-0.2, -0.15) is 0 Å². The first-order chi connectivity index (χ1) is 5.39. The van der Waals surface area contributed by atoms with Crippen molar-refractivity contribution in [1.29, 1.82) is 0 Å². The van der Waals surface area contributed by atoms with Crippen molar-refractivity contribution >= 4 is 11.9 Å². The van der Waals surface area contributed by atoms with E-state index in [1.54, 1.807) is 13.8 Å². The fourth-order valence-corrected chi connectivity index (χ4v) is 1.05. The summed E-state index contributed by atoms with van der Waals surface area (Å²) in [5.41, 5.74) is -0.426. The maximum atomic E-state index is 10.7. The third kappa shape index (κ3) is 3.95. The second-order valence-electron chi connectivity index (χ2n) is 3.39. The van der Waals surface area contributed by atoms with Gasteiger partial charge in [0.05, 0.1) is 0 Å². The molecule has 0 aliphatic carbocycles. The van der Waals surface area contributed by atoms with E-state index in [1.165, 1.54) is 0 Å². The predicted molar refractivity (Wildman–Crippen MR) is 44.8 cm³/mol. The van der Waals surface area contributed by atoms with Crippen LogP contribution >= 0.6 is 0 Å². The molecule has 0 saturated carbocycles. The van der Waals surface area contributed by atoms with Gasteiger partial charge in [-0.3, -0.25) is 4.79 Å². The van der Waals surface area contributed by atoms with Gasteiger partial charge in [0.15, 0.2) is 0 Å². The number of carbonyl (C=O) groups is 2. The smallest absolute Gasteiger partial charge is 0.394 e. The highest BCUT2D eigenvalue weighted by atomic mass is 16.4. The SMILES string of the molecule is CCCC(C)(C)NC(=O)C(=O)O.